The number of nitro groups is 1. The van der Waals surface area contributed by atoms with Crippen LogP contribution in [-0.2, 0) is 4.74 Å². The normalized spacial score (nSPS) is 14.6. The number of piperidine rings is 1. The molecule has 0 aliphatic carbocycles. The van der Waals surface area contributed by atoms with Crippen molar-refractivity contribution in [3.63, 3.8) is 0 Å². The van der Waals surface area contributed by atoms with E-state index in [1.807, 2.05) is 24.3 Å². The molecule has 1 fully saturated rings. The molecule has 1 N–H and O–H groups in total. The van der Waals surface area contributed by atoms with Crippen molar-refractivity contribution in [1.82, 2.24) is 9.88 Å². The lowest BCUT2D eigenvalue weighted by molar-refractivity contribution is -0.384. The quantitative estimate of drug-likeness (QED) is 0.419. The van der Waals surface area contributed by atoms with Gasteiger partial charge in [-0.1, -0.05) is 0 Å². The van der Waals surface area contributed by atoms with Crippen LogP contribution in [0, 0.1) is 16.0 Å². The minimum atomic E-state index is -0.671. The van der Waals surface area contributed by atoms with Crippen LogP contribution < -0.4 is 10.2 Å². The molecule has 1 aromatic carbocycles. The molecule has 0 bridgehead atoms. The molecule has 0 unspecified atom stereocenters. The third kappa shape index (κ3) is 5.24. The van der Waals surface area contributed by atoms with Crippen molar-refractivity contribution >= 4 is 28.8 Å². The maximum atomic E-state index is 11.6. The number of methoxy groups -OCH3 is 1. The number of hydrogen-bond acceptors (Lipinski definition) is 8. The highest BCUT2D eigenvalue weighted by Crippen LogP contribution is 2.29. The smallest absolute Gasteiger partial charge is 0.339 e. The van der Waals surface area contributed by atoms with Crippen LogP contribution in [0.15, 0.2) is 36.5 Å². The predicted octanol–water partition coefficient (Wildman–Crippen LogP) is 3.30. The summed E-state index contributed by atoms with van der Waals surface area (Å²) in [6.45, 7) is 3.16. The Kier molecular flexibility index (Phi) is 6.83. The highest BCUT2D eigenvalue weighted by Gasteiger charge is 2.21. The molecule has 160 valence electrons. The van der Waals surface area contributed by atoms with Crippen LogP contribution in [-0.4, -0.2) is 61.6 Å². The van der Waals surface area contributed by atoms with Gasteiger partial charge in [0, 0.05) is 43.3 Å². The van der Waals surface area contributed by atoms with E-state index in [0.717, 1.165) is 37.3 Å². The first-order valence-electron chi connectivity index (χ1n) is 9.87. The number of rotatable bonds is 7. The van der Waals surface area contributed by atoms with Gasteiger partial charge in [0.05, 0.1) is 17.6 Å². The molecule has 9 nitrogen and oxygen atoms in total. The van der Waals surface area contributed by atoms with Gasteiger partial charge in [-0.3, -0.25) is 10.1 Å². The molecule has 1 saturated heterocycles. The van der Waals surface area contributed by atoms with Crippen LogP contribution in [0.4, 0.5) is 22.9 Å². The number of aromatic nitrogens is 1. The molecule has 2 aromatic rings. The number of nitrogens with one attached hydrogen (secondary N) is 1. The molecule has 3 rings (SSSR count). The van der Waals surface area contributed by atoms with Crippen molar-refractivity contribution in [3.05, 3.63) is 52.2 Å². The van der Waals surface area contributed by atoms with Crippen LogP contribution in [0.3, 0.4) is 0 Å². The van der Waals surface area contributed by atoms with E-state index in [0.29, 0.717) is 5.69 Å². The van der Waals surface area contributed by atoms with Crippen LogP contribution in [0.1, 0.15) is 23.2 Å². The Morgan fingerprint density at radius 1 is 1.30 bits per heavy atom. The molecule has 30 heavy (non-hydrogen) atoms. The standard InChI is InChI=1S/C21H27N5O4/c1-24(2)14-15-8-10-25(11-9-15)18-6-4-17(5-7-18)23-20-19(26(28)29)12-16(13-22-20)21(27)30-3/h4-7,12-13,15H,8-11,14H2,1-3H3,(H,22,23). The Hall–Kier alpha value is -3.20. The van der Waals surface area contributed by atoms with Crippen molar-refractivity contribution in [3.8, 4) is 0 Å². The van der Waals surface area contributed by atoms with Crippen LogP contribution >= 0.6 is 0 Å². The van der Waals surface area contributed by atoms with Gasteiger partial charge >= 0.3 is 11.7 Å². The third-order valence-electron chi connectivity index (χ3n) is 5.22. The Labute approximate surface area is 175 Å². The fourth-order valence-electron chi connectivity index (χ4n) is 3.70. The van der Waals surface area contributed by atoms with Gasteiger partial charge in [0.2, 0.25) is 5.82 Å². The number of hydrogen-bond donors (Lipinski definition) is 1. The van der Waals surface area contributed by atoms with Gasteiger partial charge in [0.15, 0.2) is 0 Å². The SMILES string of the molecule is COC(=O)c1cnc(Nc2ccc(N3CCC(CN(C)C)CC3)cc2)c([N+](=O)[O-])c1. The lowest BCUT2D eigenvalue weighted by Crippen LogP contribution is -2.37. The summed E-state index contributed by atoms with van der Waals surface area (Å²) in [5, 5.41) is 14.4. The molecule has 0 amide bonds. The zero-order valence-electron chi connectivity index (χ0n) is 17.5. The molecule has 0 atom stereocenters. The van der Waals surface area contributed by atoms with Crippen molar-refractivity contribution in [2.24, 2.45) is 5.92 Å². The van der Waals surface area contributed by atoms with Crippen molar-refractivity contribution < 1.29 is 14.5 Å². The molecule has 1 aromatic heterocycles. The van der Waals surface area contributed by atoms with Crippen LogP contribution in [0.5, 0.6) is 0 Å². The Morgan fingerprint density at radius 3 is 2.53 bits per heavy atom. The number of carbonyl (C=O) groups is 1. The van der Waals surface area contributed by atoms with Gasteiger partial charge in [-0.15, -0.1) is 0 Å². The van der Waals surface area contributed by atoms with Crippen molar-refractivity contribution in [2.45, 2.75) is 12.8 Å². The predicted molar refractivity (Wildman–Crippen MR) is 115 cm³/mol. The summed E-state index contributed by atoms with van der Waals surface area (Å²) in [4.78, 5) is 31.1. The van der Waals surface area contributed by atoms with E-state index in [9.17, 15) is 14.9 Å². The Bertz CT molecular complexity index is 893. The number of ether oxygens (including phenoxy) is 1. The molecular weight excluding hydrogens is 386 g/mol. The summed E-state index contributed by atoms with van der Waals surface area (Å²) in [5.41, 5.74) is 1.56. The fourth-order valence-corrected chi connectivity index (χ4v) is 3.70. The second-order valence-electron chi connectivity index (χ2n) is 7.70. The number of carbonyl (C=O) groups excluding carboxylic acids is 1. The summed E-state index contributed by atoms with van der Waals surface area (Å²) >= 11 is 0. The number of pyridine rings is 1. The van der Waals surface area contributed by atoms with E-state index in [1.165, 1.54) is 26.1 Å². The summed E-state index contributed by atoms with van der Waals surface area (Å²) in [6.07, 6.45) is 3.59. The minimum absolute atomic E-state index is 0.0303. The number of benzene rings is 1. The molecule has 1 aliphatic heterocycles. The molecule has 1 aliphatic rings. The number of nitrogens with zero attached hydrogens (tertiary/aromatic N) is 4. The first-order chi connectivity index (χ1) is 14.4. The second-order valence-corrected chi connectivity index (χ2v) is 7.70. The van der Waals surface area contributed by atoms with Gasteiger partial charge in [0.25, 0.3) is 0 Å². The molecule has 9 heteroatoms. The average molecular weight is 413 g/mol. The molecular formula is C21H27N5O4. The van der Waals surface area contributed by atoms with E-state index >= 15 is 0 Å². The lowest BCUT2D eigenvalue weighted by atomic mass is 9.96. The summed E-state index contributed by atoms with van der Waals surface area (Å²) < 4.78 is 4.60. The van der Waals surface area contributed by atoms with E-state index in [4.69, 9.17) is 0 Å². The monoisotopic (exact) mass is 413 g/mol. The topological polar surface area (TPSA) is 101 Å². The van der Waals surface area contributed by atoms with E-state index < -0.39 is 10.9 Å². The molecule has 0 saturated carbocycles. The van der Waals surface area contributed by atoms with E-state index in [1.54, 1.807) is 0 Å². The van der Waals surface area contributed by atoms with Gasteiger partial charge in [0.1, 0.15) is 0 Å². The number of anilines is 3. The number of esters is 1. The van der Waals surface area contributed by atoms with Crippen LogP contribution in [0.25, 0.3) is 0 Å². The lowest BCUT2D eigenvalue weighted by Gasteiger charge is -2.34. The zero-order valence-corrected chi connectivity index (χ0v) is 17.5. The van der Waals surface area contributed by atoms with Crippen LogP contribution in [0.2, 0.25) is 0 Å². The summed E-state index contributed by atoms with van der Waals surface area (Å²) in [7, 11) is 5.44. The third-order valence-corrected chi connectivity index (χ3v) is 5.22. The fraction of sp³-hybridized carbons (Fsp3) is 0.429. The first-order valence-corrected chi connectivity index (χ1v) is 9.87. The molecule has 0 spiro atoms. The van der Waals surface area contributed by atoms with Gasteiger partial charge in [-0.2, -0.15) is 0 Å². The van der Waals surface area contributed by atoms with Crippen molar-refractivity contribution in [1.29, 1.82) is 0 Å². The largest absolute Gasteiger partial charge is 0.465 e. The van der Waals surface area contributed by atoms with Crippen molar-refractivity contribution in [2.75, 3.05) is 51.1 Å². The van der Waals surface area contributed by atoms with E-state index in [2.05, 4.69) is 38.9 Å². The second kappa shape index (κ2) is 9.53. The average Bonchev–Trinajstić information content (AvgIpc) is 2.74. The minimum Gasteiger partial charge on any atom is -0.465 e. The molecule has 2 heterocycles. The Balaban J connectivity index is 1.68. The highest BCUT2D eigenvalue weighted by molar-refractivity contribution is 5.90. The summed E-state index contributed by atoms with van der Waals surface area (Å²) in [6, 6.07) is 8.92. The maximum Gasteiger partial charge on any atom is 0.339 e. The van der Waals surface area contributed by atoms with Gasteiger partial charge in [-0.25, -0.2) is 9.78 Å². The molecule has 0 radical (unpaired) electrons. The van der Waals surface area contributed by atoms with Gasteiger partial charge < -0.3 is 19.9 Å². The Morgan fingerprint density at radius 2 is 1.97 bits per heavy atom. The maximum absolute atomic E-state index is 11.6. The van der Waals surface area contributed by atoms with E-state index in [-0.39, 0.29) is 17.1 Å². The highest BCUT2D eigenvalue weighted by atomic mass is 16.6. The zero-order chi connectivity index (χ0) is 21.7. The first kappa shape index (κ1) is 21.5. The van der Waals surface area contributed by atoms with Gasteiger partial charge in [-0.05, 0) is 57.1 Å². The summed E-state index contributed by atoms with van der Waals surface area (Å²) in [5.74, 6) is 0.137.